The number of anilines is 1. The summed E-state index contributed by atoms with van der Waals surface area (Å²) >= 11 is 0. The zero-order valence-corrected chi connectivity index (χ0v) is 9.49. The molecule has 1 aromatic heterocycles. The van der Waals surface area contributed by atoms with E-state index in [1.54, 1.807) is 12.1 Å². The van der Waals surface area contributed by atoms with Crippen LogP contribution < -0.4 is 5.32 Å². The normalized spacial score (nSPS) is 16.6. The molecule has 0 unspecified atom stereocenters. The summed E-state index contributed by atoms with van der Waals surface area (Å²) in [5.74, 6) is 0.231. The lowest BCUT2D eigenvalue weighted by Gasteiger charge is -2.09. The van der Waals surface area contributed by atoms with Crippen molar-refractivity contribution in [3.05, 3.63) is 17.8 Å². The predicted octanol–water partition coefficient (Wildman–Crippen LogP) is 1.48. The van der Waals surface area contributed by atoms with Gasteiger partial charge in [-0.15, -0.1) is 10.2 Å². The molecule has 1 aliphatic rings. The molecular formula is C11H15N3O2. The van der Waals surface area contributed by atoms with Crippen molar-refractivity contribution >= 4 is 11.8 Å². The van der Waals surface area contributed by atoms with Crippen LogP contribution >= 0.6 is 0 Å². The van der Waals surface area contributed by atoms with E-state index in [1.165, 1.54) is 20.0 Å². The molecule has 0 amide bonds. The molecule has 1 fully saturated rings. The summed E-state index contributed by atoms with van der Waals surface area (Å²) in [4.78, 5) is 11.1. The van der Waals surface area contributed by atoms with E-state index in [4.69, 9.17) is 0 Å². The van der Waals surface area contributed by atoms with E-state index in [-0.39, 0.29) is 5.69 Å². The predicted molar refractivity (Wildman–Crippen MR) is 59.2 cm³/mol. The van der Waals surface area contributed by atoms with Crippen molar-refractivity contribution in [2.45, 2.75) is 19.8 Å². The van der Waals surface area contributed by atoms with Crippen molar-refractivity contribution in [2.24, 2.45) is 5.41 Å². The zero-order chi connectivity index (χ0) is 11.6. The van der Waals surface area contributed by atoms with Crippen molar-refractivity contribution in [3.8, 4) is 0 Å². The van der Waals surface area contributed by atoms with Gasteiger partial charge in [-0.1, -0.05) is 6.92 Å². The van der Waals surface area contributed by atoms with Crippen molar-refractivity contribution in [2.75, 3.05) is 19.0 Å². The summed E-state index contributed by atoms with van der Waals surface area (Å²) in [7, 11) is 1.32. The molecule has 0 radical (unpaired) electrons. The minimum absolute atomic E-state index is 0.227. The van der Waals surface area contributed by atoms with Gasteiger partial charge in [-0.2, -0.15) is 0 Å². The number of carbonyl (C=O) groups excluding carboxylic acids is 1. The smallest absolute Gasteiger partial charge is 0.358 e. The minimum Gasteiger partial charge on any atom is -0.464 e. The molecule has 5 heteroatoms. The van der Waals surface area contributed by atoms with Crippen LogP contribution in [0.2, 0.25) is 0 Å². The Hall–Kier alpha value is -1.65. The lowest BCUT2D eigenvalue weighted by molar-refractivity contribution is 0.0593. The molecule has 0 saturated heterocycles. The standard InChI is InChI=1S/C11H15N3O2/c1-11(5-6-11)7-12-9-4-3-8(13-14-9)10(15)16-2/h3-4H,5-7H2,1-2H3,(H,12,14). The Morgan fingerprint density at radius 1 is 1.50 bits per heavy atom. The number of ether oxygens (including phenoxy) is 1. The minimum atomic E-state index is -0.465. The highest BCUT2D eigenvalue weighted by atomic mass is 16.5. The second-order valence-corrected chi connectivity index (χ2v) is 4.46. The third-order valence-corrected chi connectivity index (χ3v) is 2.86. The maximum absolute atomic E-state index is 11.1. The molecule has 1 aromatic rings. The average molecular weight is 221 g/mol. The highest BCUT2D eigenvalue weighted by molar-refractivity contribution is 5.86. The van der Waals surface area contributed by atoms with Gasteiger partial charge in [0.2, 0.25) is 0 Å². The molecule has 0 spiro atoms. The van der Waals surface area contributed by atoms with Crippen LogP contribution in [0, 0.1) is 5.41 Å². The van der Waals surface area contributed by atoms with Gasteiger partial charge in [0.05, 0.1) is 7.11 Å². The Morgan fingerprint density at radius 3 is 2.75 bits per heavy atom. The lowest BCUT2D eigenvalue weighted by atomic mass is 10.1. The zero-order valence-electron chi connectivity index (χ0n) is 9.49. The number of methoxy groups -OCH3 is 1. The second kappa shape index (κ2) is 4.08. The first kappa shape index (κ1) is 10.9. The third kappa shape index (κ3) is 2.48. The van der Waals surface area contributed by atoms with Gasteiger partial charge >= 0.3 is 5.97 Å². The highest BCUT2D eigenvalue weighted by Crippen LogP contribution is 2.44. The first-order chi connectivity index (χ1) is 7.63. The molecule has 1 N–H and O–H groups in total. The van der Waals surface area contributed by atoms with E-state index in [0.29, 0.717) is 11.2 Å². The van der Waals surface area contributed by atoms with E-state index in [1.807, 2.05) is 0 Å². The fourth-order valence-corrected chi connectivity index (χ4v) is 1.33. The summed E-state index contributed by atoms with van der Waals surface area (Å²) in [6.07, 6.45) is 2.52. The topological polar surface area (TPSA) is 64.1 Å². The second-order valence-electron chi connectivity index (χ2n) is 4.46. The van der Waals surface area contributed by atoms with Crippen LogP contribution in [0.25, 0.3) is 0 Å². The summed E-state index contributed by atoms with van der Waals surface area (Å²) < 4.78 is 4.54. The molecule has 0 atom stereocenters. The molecule has 1 saturated carbocycles. The van der Waals surface area contributed by atoms with Crippen LogP contribution in [0.5, 0.6) is 0 Å². The van der Waals surface area contributed by atoms with Gasteiger partial charge in [0, 0.05) is 6.54 Å². The van der Waals surface area contributed by atoms with Gasteiger partial charge in [-0.3, -0.25) is 0 Å². The van der Waals surface area contributed by atoms with Gasteiger partial charge in [0.1, 0.15) is 5.82 Å². The Balaban J connectivity index is 1.93. The number of nitrogens with zero attached hydrogens (tertiary/aromatic N) is 2. The lowest BCUT2D eigenvalue weighted by Crippen LogP contribution is -2.14. The van der Waals surface area contributed by atoms with Crippen LogP contribution in [0.3, 0.4) is 0 Å². The van der Waals surface area contributed by atoms with E-state index in [9.17, 15) is 4.79 Å². The number of hydrogen-bond acceptors (Lipinski definition) is 5. The molecule has 0 aliphatic heterocycles. The van der Waals surface area contributed by atoms with Crippen LogP contribution in [-0.4, -0.2) is 29.8 Å². The van der Waals surface area contributed by atoms with Gasteiger partial charge in [0.25, 0.3) is 0 Å². The quantitative estimate of drug-likeness (QED) is 0.780. The van der Waals surface area contributed by atoms with E-state index >= 15 is 0 Å². The Kier molecular flexibility index (Phi) is 2.77. The molecule has 0 bridgehead atoms. The fourth-order valence-electron chi connectivity index (χ4n) is 1.33. The van der Waals surface area contributed by atoms with Crippen LogP contribution in [-0.2, 0) is 4.74 Å². The van der Waals surface area contributed by atoms with Gasteiger partial charge in [0.15, 0.2) is 5.69 Å². The Labute approximate surface area is 94.2 Å². The number of aromatic nitrogens is 2. The van der Waals surface area contributed by atoms with Gasteiger partial charge in [-0.05, 0) is 30.4 Å². The average Bonchev–Trinajstić information content (AvgIpc) is 3.05. The van der Waals surface area contributed by atoms with E-state index in [2.05, 4.69) is 27.2 Å². The molecule has 2 rings (SSSR count). The Morgan fingerprint density at radius 2 is 2.25 bits per heavy atom. The molecule has 16 heavy (non-hydrogen) atoms. The van der Waals surface area contributed by atoms with Gasteiger partial charge < -0.3 is 10.1 Å². The van der Waals surface area contributed by atoms with E-state index < -0.39 is 5.97 Å². The van der Waals surface area contributed by atoms with Crippen LogP contribution in [0.15, 0.2) is 12.1 Å². The fraction of sp³-hybridized carbons (Fsp3) is 0.545. The summed E-state index contributed by atoms with van der Waals surface area (Å²) in [5, 5.41) is 10.9. The molecule has 0 aromatic carbocycles. The molecule has 86 valence electrons. The first-order valence-corrected chi connectivity index (χ1v) is 5.29. The largest absolute Gasteiger partial charge is 0.464 e. The SMILES string of the molecule is COC(=O)c1ccc(NCC2(C)CC2)nn1. The van der Waals surface area contributed by atoms with Crippen molar-refractivity contribution < 1.29 is 9.53 Å². The van der Waals surface area contributed by atoms with Crippen molar-refractivity contribution in [1.82, 2.24) is 10.2 Å². The number of nitrogens with one attached hydrogen (secondary N) is 1. The number of carbonyl (C=O) groups is 1. The molecule has 1 aliphatic carbocycles. The Bertz CT molecular complexity index is 385. The number of hydrogen-bond donors (Lipinski definition) is 1. The van der Waals surface area contributed by atoms with Gasteiger partial charge in [-0.25, -0.2) is 4.79 Å². The summed E-state index contributed by atoms with van der Waals surface area (Å²) in [6, 6.07) is 3.35. The number of rotatable bonds is 4. The first-order valence-electron chi connectivity index (χ1n) is 5.29. The molecule has 5 nitrogen and oxygen atoms in total. The number of esters is 1. The maximum Gasteiger partial charge on any atom is 0.358 e. The monoisotopic (exact) mass is 221 g/mol. The van der Waals surface area contributed by atoms with Crippen LogP contribution in [0.4, 0.5) is 5.82 Å². The van der Waals surface area contributed by atoms with Crippen molar-refractivity contribution in [3.63, 3.8) is 0 Å². The molecular weight excluding hydrogens is 206 g/mol. The third-order valence-electron chi connectivity index (χ3n) is 2.86. The van der Waals surface area contributed by atoms with Crippen molar-refractivity contribution in [1.29, 1.82) is 0 Å². The summed E-state index contributed by atoms with van der Waals surface area (Å²) in [5.41, 5.74) is 0.647. The highest BCUT2D eigenvalue weighted by Gasteiger charge is 2.36. The molecule has 1 heterocycles. The maximum atomic E-state index is 11.1. The van der Waals surface area contributed by atoms with Crippen LogP contribution in [0.1, 0.15) is 30.3 Å². The van der Waals surface area contributed by atoms with E-state index in [0.717, 1.165) is 6.54 Å². The summed E-state index contributed by atoms with van der Waals surface area (Å²) in [6.45, 7) is 3.13.